The highest BCUT2D eigenvalue weighted by Crippen LogP contribution is 2.21. The normalized spacial score (nSPS) is 10.5. The smallest absolute Gasteiger partial charge is 0.239 e. The van der Waals surface area contributed by atoms with Crippen LogP contribution in [0.4, 0.5) is 10.1 Å². The first-order valence-electron chi connectivity index (χ1n) is 5.95. The number of halogens is 2. The second-order valence-electron chi connectivity index (χ2n) is 4.49. The molecule has 0 unspecified atom stereocenters. The molecule has 0 heterocycles. The average Bonchev–Trinajstić information content (AvgIpc) is 2.30. The third kappa shape index (κ3) is 4.92. The van der Waals surface area contributed by atoms with Crippen molar-refractivity contribution in [2.24, 2.45) is 5.92 Å². The molecular formula is C13H18ClFN2O. The summed E-state index contributed by atoms with van der Waals surface area (Å²) in [5.41, 5.74) is 0.238. The predicted molar refractivity (Wildman–Crippen MR) is 72.4 cm³/mol. The molecule has 1 aromatic rings. The maximum absolute atomic E-state index is 13.5. The maximum Gasteiger partial charge on any atom is 0.239 e. The van der Waals surface area contributed by atoms with Crippen LogP contribution in [0.5, 0.6) is 0 Å². The summed E-state index contributed by atoms with van der Waals surface area (Å²) in [5, 5.41) is 5.52. The largest absolute Gasteiger partial charge is 0.374 e. The van der Waals surface area contributed by atoms with Crippen molar-refractivity contribution in [2.75, 3.05) is 18.4 Å². The summed E-state index contributed by atoms with van der Waals surface area (Å²) >= 11 is 5.63. The van der Waals surface area contributed by atoms with Crippen molar-refractivity contribution in [3.63, 3.8) is 0 Å². The van der Waals surface area contributed by atoms with Crippen molar-refractivity contribution in [1.29, 1.82) is 0 Å². The van der Waals surface area contributed by atoms with Gasteiger partial charge >= 0.3 is 0 Å². The summed E-state index contributed by atoms with van der Waals surface area (Å²) in [6.07, 6.45) is 0.928. The quantitative estimate of drug-likeness (QED) is 0.836. The fourth-order valence-corrected chi connectivity index (χ4v) is 1.55. The highest BCUT2D eigenvalue weighted by Gasteiger charge is 2.07. The van der Waals surface area contributed by atoms with Crippen molar-refractivity contribution in [3.8, 4) is 0 Å². The zero-order valence-corrected chi connectivity index (χ0v) is 11.4. The van der Waals surface area contributed by atoms with Gasteiger partial charge in [0.15, 0.2) is 5.82 Å². The molecule has 0 aliphatic carbocycles. The van der Waals surface area contributed by atoms with Crippen LogP contribution >= 0.6 is 11.6 Å². The number of amides is 1. The Morgan fingerprint density at radius 1 is 1.44 bits per heavy atom. The molecule has 0 fully saturated rings. The Labute approximate surface area is 112 Å². The van der Waals surface area contributed by atoms with E-state index in [1.54, 1.807) is 12.1 Å². The van der Waals surface area contributed by atoms with Crippen molar-refractivity contribution >= 4 is 23.2 Å². The van der Waals surface area contributed by atoms with Crippen molar-refractivity contribution in [2.45, 2.75) is 20.3 Å². The zero-order valence-electron chi connectivity index (χ0n) is 10.6. The van der Waals surface area contributed by atoms with Crippen molar-refractivity contribution in [3.05, 3.63) is 29.0 Å². The SMILES string of the molecule is CC(C)CCNC(=O)CNc1cccc(Cl)c1F. The first-order chi connectivity index (χ1) is 8.50. The molecule has 0 bridgehead atoms. The van der Waals surface area contributed by atoms with Crippen LogP contribution in [0.25, 0.3) is 0 Å². The molecule has 0 saturated heterocycles. The van der Waals surface area contributed by atoms with E-state index in [9.17, 15) is 9.18 Å². The van der Waals surface area contributed by atoms with E-state index < -0.39 is 5.82 Å². The van der Waals surface area contributed by atoms with Gasteiger partial charge in [-0.25, -0.2) is 4.39 Å². The van der Waals surface area contributed by atoms with Gasteiger partial charge in [-0.1, -0.05) is 31.5 Å². The topological polar surface area (TPSA) is 41.1 Å². The van der Waals surface area contributed by atoms with Gasteiger partial charge in [0.2, 0.25) is 5.91 Å². The summed E-state index contributed by atoms with van der Waals surface area (Å²) < 4.78 is 13.5. The van der Waals surface area contributed by atoms with Gasteiger partial charge in [-0.2, -0.15) is 0 Å². The Balaban J connectivity index is 2.36. The number of carbonyl (C=O) groups excluding carboxylic acids is 1. The minimum atomic E-state index is -0.533. The Kier molecular flexibility index (Phi) is 5.92. The van der Waals surface area contributed by atoms with Crippen LogP contribution < -0.4 is 10.6 Å². The minimum absolute atomic E-state index is 0.0371. The van der Waals surface area contributed by atoms with Crippen LogP contribution in [0, 0.1) is 11.7 Å². The van der Waals surface area contributed by atoms with Crippen LogP contribution in [0.3, 0.4) is 0 Å². The molecule has 0 radical (unpaired) electrons. The molecule has 0 spiro atoms. The maximum atomic E-state index is 13.5. The predicted octanol–water partition coefficient (Wildman–Crippen LogP) is 3.05. The molecule has 1 rings (SSSR count). The lowest BCUT2D eigenvalue weighted by Crippen LogP contribution is -2.31. The van der Waals surface area contributed by atoms with E-state index in [0.29, 0.717) is 12.5 Å². The molecule has 1 amide bonds. The van der Waals surface area contributed by atoms with Crippen LogP contribution in [0.15, 0.2) is 18.2 Å². The number of nitrogens with one attached hydrogen (secondary N) is 2. The number of hydrogen-bond donors (Lipinski definition) is 2. The zero-order chi connectivity index (χ0) is 13.5. The number of hydrogen-bond acceptors (Lipinski definition) is 2. The van der Waals surface area contributed by atoms with Crippen molar-refractivity contribution in [1.82, 2.24) is 5.32 Å². The van der Waals surface area contributed by atoms with Crippen LogP contribution in [0.1, 0.15) is 20.3 Å². The van der Waals surface area contributed by atoms with Crippen molar-refractivity contribution < 1.29 is 9.18 Å². The molecular weight excluding hydrogens is 255 g/mol. The molecule has 0 saturated carbocycles. The Bertz CT molecular complexity index is 410. The second-order valence-corrected chi connectivity index (χ2v) is 4.89. The van der Waals surface area contributed by atoms with Gasteiger partial charge in [-0.15, -0.1) is 0 Å². The van der Waals surface area contributed by atoms with Crippen LogP contribution in [-0.4, -0.2) is 19.0 Å². The molecule has 0 aromatic heterocycles. The van der Waals surface area contributed by atoms with Gasteiger partial charge in [0.05, 0.1) is 17.3 Å². The molecule has 3 nitrogen and oxygen atoms in total. The Morgan fingerprint density at radius 2 is 2.17 bits per heavy atom. The van der Waals surface area contributed by atoms with Gasteiger partial charge in [0.25, 0.3) is 0 Å². The highest BCUT2D eigenvalue weighted by atomic mass is 35.5. The minimum Gasteiger partial charge on any atom is -0.374 e. The third-order valence-electron chi connectivity index (χ3n) is 2.43. The fourth-order valence-electron chi connectivity index (χ4n) is 1.38. The first-order valence-corrected chi connectivity index (χ1v) is 6.33. The van der Waals surface area contributed by atoms with E-state index in [1.165, 1.54) is 6.07 Å². The third-order valence-corrected chi connectivity index (χ3v) is 2.73. The molecule has 100 valence electrons. The van der Waals surface area contributed by atoms with E-state index in [2.05, 4.69) is 24.5 Å². The van der Waals surface area contributed by atoms with Gasteiger partial charge in [0.1, 0.15) is 0 Å². The Hall–Kier alpha value is -1.29. The fraction of sp³-hybridized carbons (Fsp3) is 0.462. The average molecular weight is 273 g/mol. The molecule has 1 aromatic carbocycles. The summed E-state index contributed by atoms with van der Waals surface area (Å²) in [6, 6.07) is 4.64. The lowest BCUT2D eigenvalue weighted by Gasteiger charge is -2.10. The van der Waals surface area contributed by atoms with E-state index in [4.69, 9.17) is 11.6 Å². The highest BCUT2D eigenvalue weighted by molar-refractivity contribution is 6.31. The monoisotopic (exact) mass is 272 g/mol. The first kappa shape index (κ1) is 14.8. The van der Waals surface area contributed by atoms with E-state index in [0.717, 1.165) is 6.42 Å². The molecule has 18 heavy (non-hydrogen) atoms. The second kappa shape index (κ2) is 7.21. The molecule has 2 N–H and O–H groups in total. The van der Waals surface area contributed by atoms with Gasteiger partial charge in [-0.05, 0) is 24.5 Å². The summed E-state index contributed by atoms with van der Waals surface area (Å²) in [5.74, 6) is -0.146. The summed E-state index contributed by atoms with van der Waals surface area (Å²) in [7, 11) is 0. The lowest BCUT2D eigenvalue weighted by atomic mass is 10.1. The van der Waals surface area contributed by atoms with Crippen LogP contribution in [-0.2, 0) is 4.79 Å². The number of carbonyl (C=O) groups is 1. The van der Waals surface area contributed by atoms with Crippen LogP contribution in [0.2, 0.25) is 5.02 Å². The number of benzene rings is 1. The van der Waals surface area contributed by atoms with E-state index in [1.807, 2.05) is 0 Å². The molecule has 0 atom stereocenters. The number of anilines is 1. The van der Waals surface area contributed by atoms with Gasteiger partial charge in [0, 0.05) is 6.54 Å². The molecule has 0 aliphatic rings. The standard InChI is InChI=1S/C13H18ClFN2O/c1-9(2)6-7-16-12(18)8-17-11-5-3-4-10(14)13(11)15/h3-5,9,17H,6-8H2,1-2H3,(H,16,18). The van der Waals surface area contributed by atoms with E-state index in [-0.39, 0.29) is 23.2 Å². The van der Waals surface area contributed by atoms with E-state index >= 15 is 0 Å². The Morgan fingerprint density at radius 3 is 2.83 bits per heavy atom. The molecule has 5 heteroatoms. The summed E-state index contributed by atoms with van der Waals surface area (Å²) in [4.78, 5) is 11.5. The molecule has 0 aliphatic heterocycles. The number of rotatable bonds is 6. The lowest BCUT2D eigenvalue weighted by molar-refractivity contribution is -0.119. The van der Waals surface area contributed by atoms with Gasteiger partial charge < -0.3 is 10.6 Å². The summed E-state index contributed by atoms with van der Waals surface area (Å²) in [6.45, 7) is 4.85. The van der Waals surface area contributed by atoms with Gasteiger partial charge in [-0.3, -0.25) is 4.79 Å².